The Bertz CT molecular complexity index is 1090. The van der Waals surface area contributed by atoms with E-state index in [1.807, 2.05) is 0 Å². The number of rotatable bonds is 6. The molecule has 4 rings (SSSR count). The minimum absolute atomic E-state index is 0.0246. The fourth-order valence-corrected chi connectivity index (χ4v) is 4.25. The van der Waals surface area contributed by atoms with Crippen molar-refractivity contribution in [2.24, 2.45) is 0 Å². The zero-order valence-corrected chi connectivity index (χ0v) is 17.8. The molecule has 166 valence electrons. The zero-order chi connectivity index (χ0) is 22.5. The van der Waals surface area contributed by atoms with E-state index in [-0.39, 0.29) is 35.1 Å². The van der Waals surface area contributed by atoms with Gasteiger partial charge < -0.3 is 15.0 Å². The molecule has 0 radical (unpaired) electrons. The number of amides is 2. The van der Waals surface area contributed by atoms with Crippen LogP contribution in [0.25, 0.3) is 0 Å². The first-order valence-electron chi connectivity index (χ1n) is 10.0. The molecular formula is C22H20F2N4O3S. The van der Waals surface area contributed by atoms with Crippen LogP contribution in [-0.4, -0.2) is 46.6 Å². The van der Waals surface area contributed by atoms with Crippen LogP contribution in [0.1, 0.15) is 33.6 Å². The Morgan fingerprint density at radius 3 is 2.47 bits per heavy atom. The van der Waals surface area contributed by atoms with Gasteiger partial charge in [0.2, 0.25) is 5.01 Å². The van der Waals surface area contributed by atoms with Gasteiger partial charge in [-0.05, 0) is 61.4 Å². The molecule has 1 aliphatic heterocycles. The van der Waals surface area contributed by atoms with Crippen LogP contribution in [0, 0.1) is 11.6 Å². The lowest BCUT2D eigenvalue weighted by molar-refractivity contribution is -0.134. The number of likely N-dealkylation sites (tertiary alicyclic amines) is 1. The van der Waals surface area contributed by atoms with Gasteiger partial charge in [0.15, 0.2) is 6.61 Å². The number of nitrogens with zero attached hydrogens (tertiary/aromatic N) is 3. The average molecular weight is 458 g/mol. The lowest BCUT2D eigenvalue weighted by Crippen LogP contribution is -2.41. The lowest BCUT2D eigenvalue weighted by Gasteiger charge is -2.31. The van der Waals surface area contributed by atoms with Gasteiger partial charge in [0.05, 0.1) is 0 Å². The molecule has 1 aliphatic rings. The Labute approximate surface area is 187 Å². The number of nitrogens with one attached hydrogen (secondary N) is 1. The molecule has 0 saturated carbocycles. The summed E-state index contributed by atoms with van der Waals surface area (Å²) in [6, 6.07) is 10.9. The molecule has 32 heavy (non-hydrogen) atoms. The molecule has 10 heteroatoms. The van der Waals surface area contributed by atoms with Crippen LogP contribution < -0.4 is 10.1 Å². The summed E-state index contributed by atoms with van der Waals surface area (Å²) in [6.07, 6.45) is 1.63. The van der Waals surface area contributed by atoms with Gasteiger partial charge in [-0.3, -0.25) is 9.59 Å². The van der Waals surface area contributed by atoms with Gasteiger partial charge in [0.1, 0.15) is 22.4 Å². The van der Waals surface area contributed by atoms with E-state index in [9.17, 15) is 18.4 Å². The maximum Gasteiger partial charge on any atom is 0.286 e. The zero-order valence-electron chi connectivity index (χ0n) is 17.0. The number of aromatic nitrogens is 2. The highest BCUT2D eigenvalue weighted by Crippen LogP contribution is 2.29. The van der Waals surface area contributed by atoms with Crippen LogP contribution in [0.2, 0.25) is 0 Å². The second-order valence-electron chi connectivity index (χ2n) is 7.33. The van der Waals surface area contributed by atoms with Crippen molar-refractivity contribution >= 4 is 28.8 Å². The third-order valence-corrected chi connectivity index (χ3v) is 6.12. The van der Waals surface area contributed by atoms with Gasteiger partial charge in [0, 0.05) is 24.7 Å². The van der Waals surface area contributed by atoms with Crippen LogP contribution >= 0.6 is 11.3 Å². The molecule has 0 unspecified atom stereocenters. The number of hydrogen-bond acceptors (Lipinski definition) is 6. The van der Waals surface area contributed by atoms with E-state index < -0.39 is 5.91 Å². The average Bonchev–Trinajstić information content (AvgIpc) is 3.31. The normalized spacial score (nSPS) is 15.9. The van der Waals surface area contributed by atoms with Gasteiger partial charge in [-0.15, -0.1) is 10.2 Å². The first kappa shape index (κ1) is 21.8. The molecule has 1 N–H and O–H groups in total. The highest BCUT2D eigenvalue weighted by molar-refractivity contribution is 7.13. The Balaban J connectivity index is 1.33. The number of carbonyl (C=O) groups is 2. The highest BCUT2D eigenvalue weighted by Gasteiger charge is 2.28. The van der Waals surface area contributed by atoms with Crippen molar-refractivity contribution in [3.8, 4) is 5.75 Å². The van der Waals surface area contributed by atoms with E-state index in [2.05, 4.69) is 15.5 Å². The number of halogens is 2. The summed E-state index contributed by atoms with van der Waals surface area (Å²) in [5.74, 6) is -0.946. The van der Waals surface area contributed by atoms with E-state index >= 15 is 0 Å². The molecule has 0 spiro atoms. The Morgan fingerprint density at radius 1 is 1.06 bits per heavy atom. The fourth-order valence-electron chi connectivity index (χ4n) is 3.38. The highest BCUT2D eigenvalue weighted by atomic mass is 32.1. The minimum Gasteiger partial charge on any atom is -0.484 e. The van der Waals surface area contributed by atoms with E-state index in [0.717, 1.165) is 12.8 Å². The predicted molar refractivity (Wildman–Crippen MR) is 115 cm³/mol. The summed E-state index contributed by atoms with van der Waals surface area (Å²) in [7, 11) is 0. The standard InChI is InChI=1S/C22H20F2N4O3S/c23-15-3-7-17(8-4-15)25-20(30)22-27-26-21(32-22)14-2-1-11-28(12-14)19(29)13-31-18-9-5-16(24)6-10-18/h3-10,14H,1-2,11-13H2,(H,25,30)/t14-/m1/s1. The van der Waals surface area contributed by atoms with Crippen LogP contribution in [0.3, 0.4) is 0 Å². The molecule has 1 aromatic heterocycles. The molecule has 0 bridgehead atoms. The van der Waals surface area contributed by atoms with E-state index in [0.29, 0.717) is 29.5 Å². The number of benzene rings is 2. The Kier molecular flexibility index (Phi) is 6.69. The third-order valence-electron chi connectivity index (χ3n) is 5.04. The summed E-state index contributed by atoms with van der Waals surface area (Å²) in [5, 5.41) is 11.7. The number of carbonyl (C=O) groups excluding carboxylic acids is 2. The lowest BCUT2D eigenvalue weighted by atomic mass is 9.99. The van der Waals surface area contributed by atoms with Gasteiger partial charge >= 0.3 is 0 Å². The topological polar surface area (TPSA) is 84.4 Å². The molecular weight excluding hydrogens is 438 g/mol. The molecule has 1 atom stereocenters. The summed E-state index contributed by atoms with van der Waals surface area (Å²) in [6.45, 7) is 0.929. The van der Waals surface area contributed by atoms with E-state index in [1.165, 1.54) is 59.9 Å². The molecule has 1 saturated heterocycles. The van der Waals surface area contributed by atoms with E-state index in [4.69, 9.17) is 4.74 Å². The van der Waals surface area contributed by atoms with Crippen molar-refractivity contribution in [3.63, 3.8) is 0 Å². The van der Waals surface area contributed by atoms with Crippen LogP contribution in [0.15, 0.2) is 48.5 Å². The van der Waals surface area contributed by atoms with Crippen LogP contribution in [0.5, 0.6) is 5.75 Å². The number of anilines is 1. The number of piperidine rings is 1. The SMILES string of the molecule is O=C(Nc1ccc(F)cc1)c1nnc([C@@H]2CCCN(C(=O)COc3ccc(F)cc3)C2)s1. The molecule has 1 fully saturated rings. The molecule has 2 heterocycles. The first-order chi connectivity index (χ1) is 15.5. The van der Waals surface area contributed by atoms with E-state index in [1.54, 1.807) is 4.90 Å². The van der Waals surface area contributed by atoms with Crippen LogP contribution in [0.4, 0.5) is 14.5 Å². The summed E-state index contributed by atoms with van der Waals surface area (Å²) in [5.41, 5.74) is 0.462. The van der Waals surface area contributed by atoms with Gasteiger partial charge in [0.25, 0.3) is 11.8 Å². The smallest absolute Gasteiger partial charge is 0.286 e. The van der Waals surface area contributed by atoms with Crippen molar-refractivity contribution in [1.29, 1.82) is 0 Å². The van der Waals surface area contributed by atoms with Gasteiger partial charge in [-0.1, -0.05) is 11.3 Å². The summed E-state index contributed by atoms with van der Waals surface area (Å²) >= 11 is 1.18. The second-order valence-corrected chi connectivity index (χ2v) is 8.34. The monoisotopic (exact) mass is 458 g/mol. The third kappa shape index (κ3) is 5.44. The maximum atomic E-state index is 13.0. The molecule has 3 aromatic rings. The number of hydrogen-bond donors (Lipinski definition) is 1. The van der Waals surface area contributed by atoms with Crippen LogP contribution in [-0.2, 0) is 4.79 Å². The second kappa shape index (κ2) is 9.82. The summed E-state index contributed by atoms with van der Waals surface area (Å²) in [4.78, 5) is 26.7. The predicted octanol–water partition coefficient (Wildman–Crippen LogP) is 3.85. The van der Waals surface area contributed by atoms with Gasteiger partial charge in [-0.25, -0.2) is 8.78 Å². The van der Waals surface area contributed by atoms with Crippen molar-refractivity contribution in [1.82, 2.24) is 15.1 Å². The Hall–Kier alpha value is -3.40. The number of ether oxygens (including phenoxy) is 1. The fraction of sp³-hybridized carbons (Fsp3) is 0.273. The quantitative estimate of drug-likeness (QED) is 0.607. The molecule has 2 aromatic carbocycles. The van der Waals surface area contributed by atoms with Crippen molar-refractivity contribution in [2.75, 3.05) is 25.0 Å². The molecule has 2 amide bonds. The first-order valence-corrected chi connectivity index (χ1v) is 10.9. The van der Waals surface area contributed by atoms with Crippen molar-refractivity contribution < 1.29 is 23.1 Å². The largest absolute Gasteiger partial charge is 0.484 e. The minimum atomic E-state index is -0.420. The summed E-state index contributed by atoms with van der Waals surface area (Å²) < 4.78 is 31.4. The Morgan fingerprint density at radius 2 is 1.75 bits per heavy atom. The van der Waals surface area contributed by atoms with Gasteiger partial charge in [-0.2, -0.15) is 0 Å². The molecule has 0 aliphatic carbocycles. The van der Waals surface area contributed by atoms with Crippen molar-refractivity contribution in [2.45, 2.75) is 18.8 Å². The molecule has 7 nitrogen and oxygen atoms in total. The van der Waals surface area contributed by atoms with Crippen molar-refractivity contribution in [3.05, 3.63) is 70.2 Å². The maximum absolute atomic E-state index is 13.0.